The van der Waals surface area contributed by atoms with Crippen LogP contribution in [0.3, 0.4) is 0 Å². The molecule has 0 bridgehead atoms. The van der Waals surface area contributed by atoms with Crippen molar-refractivity contribution in [2.75, 3.05) is 20.3 Å². The molecule has 1 N–H and O–H groups in total. The van der Waals surface area contributed by atoms with Crippen molar-refractivity contribution >= 4 is 0 Å². The Balaban J connectivity index is 2.20. The van der Waals surface area contributed by atoms with Crippen molar-refractivity contribution in [3.63, 3.8) is 0 Å². The van der Waals surface area contributed by atoms with Gasteiger partial charge in [0.05, 0.1) is 19.3 Å². The van der Waals surface area contributed by atoms with Gasteiger partial charge in [-0.2, -0.15) is 0 Å². The van der Waals surface area contributed by atoms with E-state index in [1.807, 2.05) is 31.2 Å². The van der Waals surface area contributed by atoms with Gasteiger partial charge in [-0.25, -0.2) is 0 Å². The van der Waals surface area contributed by atoms with Crippen LogP contribution in [-0.2, 0) is 10.3 Å². The molecule has 1 aromatic rings. The van der Waals surface area contributed by atoms with Crippen LogP contribution in [0.25, 0.3) is 0 Å². The SMILES string of the molecule is COc1ccc(C(C)(O)C2CCOC2)cc1. The summed E-state index contributed by atoms with van der Waals surface area (Å²) in [5.41, 5.74) is 0.103. The lowest BCUT2D eigenvalue weighted by Gasteiger charge is -2.29. The maximum Gasteiger partial charge on any atom is 0.118 e. The molecule has 0 saturated carbocycles. The number of methoxy groups -OCH3 is 1. The maximum absolute atomic E-state index is 10.5. The molecule has 2 atom stereocenters. The third-order valence-corrected chi connectivity index (χ3v) is 3.40. The minimum Gasteiger partial charge on any atom is -0.497 e. The Labute approximate surface area is 96.0 Å². The molecule has 0 amide bonds. The first-order valence-electron chi connectivity index (χ1n) is 5.59. The summed E-state index contributed by atoms with van der Waals surface area (Å²) in [7, 11) is 1.64. The topological polar surface area (TPSA) is 38.7 Å². The Bertz CT molecular complexity index is 337. The van der Waals surface area contributed by atoms with Gasteiger partial charge in [0.1, 0.15) is 5.75 Å². The Morgan fingerprint density at radius 1 is 1.38 bits per heavy atom. The third-order valence-electron chi connectivity index (χ3n) is 3.40. The molecule has 0 spiro atoms. The van der Waals surface area contributed by atoms with Gasteiger partial charge in [0.2, 0.25) is 0 Å². The highest BCUT2D eigenvalue weighted by Crippen LogP contribution is 2.35. The largest absolute Gasteiger partial charge is 0.497 e. The predicted molar refractivity (Wildman–Crippen MR) is 61.5 cm³/mol. The van der Waals surface area contributed by atoms with E-state index in [1.54, 1.807) is 7.11 Å². The van der Waals surface area contributed by atoms with Crippen LogP contribution < -0.4 is 4.74 Å². The van der Waals surface area contributed by atoms with Gasteiger partial charge in [-0.05, 0) is 31.0 Å². The first kappa shape index (κ1) is 11.4. The smallest absolute Gasteiger partial charge is 0.118 e. The summed E-state index contributed by atoms with van der Waals surface area (Å²) in [6.07, 6.45) is 0.916. The van der Waals surface area contributed by atoms with Crippen LogP contribution in [0.15, 0.2) is 24.3 Å². The number of hydrogen-bond donors (Lipinski definition) is 1. The van der Waals surface area contributed by atoms with Crippen LogP contribution >= 0.6 is 0 Å². The fourth-order valence-electron chi connectivity index (χ4n) is 2.14. The summed E-state index contributed by atoms with van der Waals surface area (Å²) in [6.45, 7) is 3.24. The molecule has 1 saturated heterocycles. The van der Waals surface area contributed by atoms with Crippen molar-refractivity contribution in [1.29, 1.82) is 0 Å². The Kier molecular flexibility index (Phi) is 3.17. The second-order valence-electron chi connectivity index (χ2n) is 4.44. The lowest BCUT2D eigenvalue weighted by molar-refractivity contribution is -0.00973. The van der Waals surface area contributed by atoms with E-state index in [9.17, 15) is 5.11 Å². The highest BCUT2D eigenvalue weighted by molar-refractivity contribution is 5.31. The molecule has 0 aliphatic carbocycles. The van der Waals surface area contributed by atoms with Crippen molar-refractivity contribution < 1.29 is 14.6 Å². The molecule has 2 rings (SSSR count). The van der Waals surface area contributed by atoms with Crippen LogP contribution in [0.5, 0.6) is 5.75 Å². The molecule has 1 aliphatic rings. The Morgan fingerprint density at radius 3 is 2.56 bits per heavy atom. The van der Waals surface area contributed by atoms with Crippen molar-refractivity contribution in [2.45, 2.75) is 18.9 Å². The predicted octanol–water partition coefficient (Wildman–Crippen LogP) is 1.94. The first-order chi connectivity index (χ1) is 7.64. The number of benzene rings is 1. The fraction of sp³-hybridized carbons (Fsp3) is 0.538. The monoisotopic (exact) mass is 222 g/mol. The second kappa shape index (κ2) is 4.44. The molecular formula is C13H18O3. The van der Waals surface area contributed by atoms with Crippen molar-refractivity contribution in [2.24, 2.45) is 5.92 Å². The van der Waals surface area contributed by atoms with E-state index >= 15 is 0 Å². The van der Waals surface area contributed by atoms with Gasteiger partial charge in [0, 0.05) is 12.5 Å². The number of rotatable bonds is 3. The average Bonchev–Trinajstić information content (AvgIpc) is 2.83. The lowest BCUT2D eigenvalue weighted by Crippen LogP contribution is -2.32. The molecule has 16 heavy (non-hydrogen) atoms. The van der Waals surface area contributed by atoms with E-state index in [2.05, 4.69) is 0 Å². The molecule has 2 unspecified atom stereocenters. The van der Waals surface area contributed by atoms with E-state index in [0.717, 1.165) is 24.3 Å². The van der Waals surface area contributed by atoms with Gasteiger partial charge >= 0.3 is 0 Å². The number of aliphatic hydroxyl groups is 1. The summed E-state index contributed by atoms with van der Waals surface area (Å²) in [6, 6.07) is 7.58. The first-order valence-corrected chi connectivity index (χ1v) is 5.59. The maximum atomic E-state index is 10.5. The van der Waals surface area contributed by atoms with Crippen LogP contribution in [0.1, 0.15) is 18.9 Å². The second-order valence-corrected chi connectivity index (χ2v) is 4.44. The summed E-state index contributed by atoms with van der Waals surface area (Å²) < 4.78 is 10.4. The number of hydrogen-bond acceptors (Lipinski definition) is 3. The van der Waals surface area contributed by atoms with E-state index in [4.69, 9.17) is 9.47 Å². The molecule has 0 radical (unpaired) electrons. The summed E-state index contributed by atoms with van der Waals surface area (Å²) in [4.78, 5) is 0. The highest BCUT2D eigenvalue weighted by atomic mass is 16.5. The molecule has 1 aliphatic heterocycles. The summed E-state index contributed by atoms with van der Waals surface area (Å²) >= 11 is 0. The van der Waals surface area contributed by atoms with E-state index in [1.165, 1.54) is 0 Å². The van der Waals surface area contributed by atoms with Gasteiger partial charge in [0.25, 0.3) is 0 Å². The third kappa shape index (κ3) is 2.06. The minimum atomic E-state index is -0.817. The summed E-state index contributed by atoms with van der Waals surface area (Å²) in [5, 5.41) is 10.5. The van der Waals surface area contributed by atoms with E-state index in [-0.39, 0.29) is 5.92 Å². The van der Waals surface area contributed by atoms with E-state index < -0.39 is 5.60 Å². The summed E-state index contributed by atoms with van der Waals surface area (Å²) in [5.74, 6) is 0.989. The van der Waals surface area contributed by atoms with Crippen LogP contribution in [-0.4, -0.2) is 25.4 Å². The zero-order chi connectivity index (χ0) is 11.6. The number of ether oxygens (including phenoxy) is 2. The average molecular weight is 222 g/mol. The molecular weight excluding hydrogens is 204 g/mol. The van der Waals surface area contributed by atoms with Gasteiger partial charge in [0.15, 0.2) is 0 Å². The van der Waals surface area contributed by atoms with E-state index in [0.29, 0.717) is 6.61 Å². The fourth-order valence-corrected chi connectivity index (χ4v) is 2.14. The van der Waals surface area contributed by atoms with Crippen LogP contribution in [0.2, 0.25) is 0 Å². The Hall–Kier alpha value is -1.06. The zero-order valence-electron chi connectivity index (χ0n) is 9.77. The quantitative estimate of drug-likeness (QED) is 0.849. The van der Waals surface area contributed by atoms with Gasteiger partial charge in [-0.1, -0.05) is 12.1 Å². The molecule has 1 fully saturated rings. The minimum absolute atomic E-state index is 0.181. The zero-order valence-corrected chi connectivity index (χ0v) is 9.77. The molecule has 3 nitrogen and oxygen atoms in total. The normalized spacial score (nSPS) is 24.1. The lowest BCUT2D eigenvalue weighted by atomic mass is 9.82. The van der Waals surface area contributed by atoms with Crippen LogP contribution in [0, 0.1) is 5.92 Å². The molecule has 0 aromatic heterocycles. The van der Waals surface area contributed by atoms with Crippen molar-refractivity contribution in [3.05, 3.63) is 29.8 Å². The van der Waals surface area contributed by atoms with Gasteiger partial charge in [-0.3, -0.25) is 0 Å². The molecule has 3 heteroatoms. The Morgan fingerprint density at radius 2 is 2.06 bits per heavy atom. The van der Waals surface area contributed by atoms with Crippen molar-refractivity contribution in [1.82, 2.24) is 0 Å². The van der Waals surface area contributed by atoms with Crippen molar-refractivity contribution in [3.8, 4) is 5.75 Å². The molecule has 1 heterocycles. The highest BCUT2D eigenvalue weighted by Gasteiger charge is 2.36. The molecule has 1 aromatic carbocycles. The van der Waals surface area contributed by atoms with Gasteiger partial charge in [-0.15, -0.1) is 0 Å². The van der Waals surface area contributed by atoms with Gasteiger partial charge < -0.3 is 14.6 Å². The van der Waals surface area contributed by atoms with Crippen LogP contribution in [0.4, 0.5) is 0 Å². The standard InChI is InChI=1S/C13H18O3/c1-13(14,11-7-8-16-9-11)10-3-5-12(15-2)6-4-10/h3-6,11,14H,7-9H2,1-2H3. The molecule has 88 valence electrons.